The number of aromatic nitrogens is 2. The lowest BCUT2D eigenvalue weighted by Crippen LogP contribution is -2.38. The molecule has 0 spiro atoms. The Hall–Kier alpha value is -1.20. The van der Waals surface area contributed by atoms with Gasteiger partial charge in [0.05, 0.1) is 13.2 Å². The first-order valence-electron chi connectivity index (χ1n) is 5.82. The van der Waals surface area contributed by atoms with Gasteiger partial charge in [0.2, 0.25) is 5.91 Å². The van der Waals surface area contributed by atoms with E-state index in [9.17, 15) is 13.2 Å². The maximum atomic E-state index is 12.2. The number of rotatable bonds is 7. The molecular weight excluding hydrogens is 340 g/mol. The molecule has 21 heavy (non-hydrogen) atoms. The summed E-state index contributed by atoms with van der Waals surface area (Å²) in [5.74, 6) is -0.460. The minimum Gasteiger partial charge on any atom is -0.383 e. The number of halogens is 1. The van der Waals surface area contributed by atoms with Gasteiger partial charge in [0.1, 0.15) is 0 Å². The Morgan fingerprint density at radius 3 is 3.05 bits per heavy atom. The average Bonchev–Trinajstić information content (AvgIpc) is 2.96. The number of nitrogens with one attached hydrogen (secondary N) is 2. The van der Waals surface area contributed by atoms with Gasteiger partial charge >= 0.3 is 0 Å². The molecule has 0 saturated heterocycles. The zero-order valence-electron chi connectivity index (χ0n) is 11.0. The van der Waals surface area contributed by atoms with Crippen molar-refractivity contribution in [3.05, 3.63) is 16.7 Å². The summed E-state index contributed by atoms with van der Waals surface area (Å²) in [4.78, 5) is 15.9. The topological polar surface area (TPSA) is 102 Å². The highest BCUT2D eigenvalue weighted by Crippen LogP contribution is 2.24. The van der Waals surface area contributed by atoms with Crippen LogP contribution in [0.2, 0.25) is 5.15 Å². The third-order valence-corrected chi connectivity index (χ3v) is 5.04. The van der Waals surface area contributed by atoms with Gasteiger partial charge in [-0.25, -0.2) is 18.1 Å². The van der Waals surface area contributed by atoms with Crippen LogP contribution in [0.1, 0.15) is 0 Å². The van der Waals surface area contributed by atoms with Crippen LogP contribution in [-0.2, 0) is 19.6 Å². The standard InChI is InChI=1S/C10H13ClN4O4S2/c1-19-4-2-12-7(16)6-13-21(17,18)9-8(11)14-10-15(9)3-5-20-10/h3,5,13H,2,4,6H2,1H3,(H,12,16). The average molecular weight is 353 g/mol. The largest absolute Gasteiger partial charge is 0.383 e. The summed E-state index contributed by atoms with van der Waals surface area (Å²) in [6.07, 6.45) is 1.55. The van der Waals surface area contributed by atoms with Crippen molar-refractivity contribution >= 4 is 43.8 Å². The van der Waals surface area contributed by atoms with E-state index >= 15 is 0 Å². The molecule has 0 radical (unpaired) electrons. The minimum absolute atomic E-state index is 0.130. The number of ether oxygens (including phenoxy) is 1. The van der Waals surface area contributed by atoms with Gasteiger partial charge in [-0.3, -0.25) is 9.20 Å². The van der Waals surface area contributed by atoms with Crippen LogP contribution in [0.25, 0.3) is 4.96 Å². The number of amides is 1. The number of methoxy groups -OCH3 is 1. The molecule has 2 heterocycles. The highest BCUT2D eigenvalue weighted by atomic mass is 35.5. The zero-order valence-corrected chi connectivity index (χ0v) is 13.4. The molecule has 2 N–H and O–H groups in total. The predicted molar refractivity (Wildman–Crippen MR) is 78.2 cm³/mol. The van der Waals surface area contributed by atoms with Crippen LogP contribution in [0.3, 0.4) is 0 Å². The third kappa shape index (κ3) is 3.71. The number of thiazole rings is 1. The van der Waals surface area contributed by atoms with Gasteiger partial charge in [-0.15, -0.1) is 11.3 Å². The third-order valence-electron chi connectivity index (χ3n) is 2.48. The number of sulfonamides is 1. The molecule has 0 aliphatic heterocycles. The molecule has 0 aliphatic carbocycles. The molecule has 11 heteroatoms. The summed E-state index contributed by atoms with van der Waals surface area (Å²) in [5, 5.41) is 3.89. The molecule has 0 saturated carbocycles. The molecule has 0 aromatic carbocycles. The predicted octanol–water partition coefficient (Wildman–Crippen LogP) is 0.0901. The Bertz CT molecular complexity index is 739. The lowest BCUT2D eigenvalue weighted by atomic mass is 10.6. The van der Waals surface area contributed by atoms with Crippen molar-refractivity contribution < 1.29 is 17.9 Å². The van der Waals surface area contributed by atoms with E-state index in [0.717, 1.165) is 0 Å². The van der Waals surface area contributed by atoms with Crippen LogP contribution in [-0.4, -0.2) is 50.5 Å². The van der Waals surface area contributed by atoms with E-state index in [2.05, 4.69) is 15.0 Å². The molecule has 116 valence electrons. The van der Waals surface area contributed by atoms with Crippen LogP contribution < -0.4 is 10.0 Å². The van der Waals surface area contributed by atoms with E-state index in [0.29, 0.717) is 18.1 Å². The summed E-state index contributed by atoms with van der Waals surface area (Å²) in [7, 11) is -2.43. The number of fused-ring (bicyclic) bond motifs is 1. The molecule has 2 aromatic rings. The van der Waals surface area contributed by atoms with Gasteiger partial charge in [-0.1, -0.05) is 11.6 Å². The van der Waals surface area contributed by atoms with Crippen LogP contribution in [0, 0.1) is 0 Å². The Morgan fingerprint density at radius 1 is 1.57 bits per heavy atom. The van der Waals surface area contributed by atoms with E-state index in [1.807, 2.05) is 0 Å². The molecule has 2 rings (SSSR count). The quantitative estimate of drug-likeness (QED) is 0.688. The SMILES string of the molecule is COCCNC(=O)CNS(=O)(=O)c1c(Cl)nc2sccn12. The fourth-order valence-electron chi connectivity index (χ4n) is 1.56. The first-order valence-corrected chi connectivity index (χ1v) is 8.56. The van der Waals surface area contributed by atoms with Crippen molar-refractivity contribution in [2.24, 2.45) is 0 Å². The molecule has 2 aromatic heterocycles. The maximum absolute atomic E-state index is 12.2. The van der Waals surface area contributed by atoms with Gasteiger partial charge in [0, 0.05) is 25.2 Å². The molecule has 8 nitrogen and oxygen atoms in total. The molecule has 0 atom stereocenters. The number of hydrogen-bond donors (Lipinski definition) is 2. The van der Waals surface area contributed by atoms with Gasteiger partial charge in [0.25, 0.3) is 10.0 Å². The number of carbonyl (C=O) groups is 1. The van der Waals surface area contributed by atoms with E-state index < -0.39 is 15.9 Å². The Morgan fingerprint density at radius 2 is 2.33 bits per heavy atom. The normalized spacial score (nSPS) is 11.9. The fourth-order valence-corrected chi connectivity index (χ4v) is 3.99. The van der Waals surface area contributed by atoms with Crippen LogP contribution in [0.5, 0.6) is 0 Å². The second kappa shape index (κ2) is 6.71. The number of hydrogen-bond acceptors (Lipinski definition) is 6. The number of carbonyl (C=O) groups excluding carboxylic acids is 1. The molecule has 0 bridgehead atoms. The Balaban J connectivity index is 2.07. The molecule has 0 unspecified atom stereocenters. The van der Waals surface area contributed by atoms with Crippen molar-refractivity contribution in [2.45, 2.75) is 5.03 Å². The van der Waals surface area contributed by atoms with Gasteiger partial charge in [0.15, 0.2) is 15.1 Å². The van der Waals surface area contributed by atoms with Gasteiger partial charge < -0.3 is 10.1 Å². The van der Waals surface area contributed by atoms with E-state index in [4.69, 9.17) is 16.3 Å². The zero-order chi connectivity index (χ0) is 15.5. The van der Waals surface area contributed by atoms with Crippen LogP contribution in [0.4, 0.5) is 0 Å². The highest BCUT2D eigenvalue weighted by Gasteiger charge is 2.25. The van der Waals surface area contributed by atoms with E-state index in [-0.39, 0.29) is 16.7 Å². The van der Waals surface area contributed by atoms with E-state index in [1.54, 1.807) is 11.6 Å². The van der Waals surface area contributed by atoms with Crippen molar-refractivity contribution in [3.63, 3.8) is 0 Å². The maximum Gasteiger partial charge on any atom is 0.260 e. The van der Waals surface area contributed by atoms with Crippen molar-refractivity contribution in [1.29, 1.82) is 0 Å². The lowest BCUT2D eigenvalue weighted by molar-refractivity contribution is -0.120. The highest BCUT2D eigenvalue weighted by molar-refractivity contribution is 7.89. The summed E-state index contributed by atoms with van der Waals surface area (Å²) in [5.41, 5.74) is 0. The monoisotopic (exact) mass is 352 g/mol. The molecule has 1 amide bonds. The first kappa shape index (κ1) is 16.2. The lowest BCUT2D eigenvalue weighted by Gasteiger charge is -2.07. The fraction of sp³-hybridized carbons (Fsp3) is 0.400. The number of imidazole rings is 1. The second-order valence-electron chi connectivity index (χ2n) is 3.93. The minimum atomic E-state index is -3.94. The van der Waals surface area contributed by atoms with Crippen LogP contribution in [0.15, 0.2) is 16.6 Å². The summed E-state index contributed by atoms with van der Waals surface area (Å²) >= 11 is 7.11. The van der Waals surface area contributed by atoms with E-state index in [1.165, 1.54) is 22.8 Å². The molecule has 0 fully saturated rings. The summed E-state index contributed by atoms with van der Waals surface area (Å²) in [6, 6.07) is 0. The van der Waals surface area contributed by atoms with Gasteiger partial charge in [-0.2, -0.15) is 0 Å². The smallest absolute Gasteiger partial charge is 0.260 e. The van der Waals surface area contributed by atoms with Crippen molar-refractivity contribution in [1.82, 2.24) is 19.4 Å². The summed E-state index contributed by atoms with van der Waals surface area (Å²) < 4.78 is 32.7. The van der Waals surface area contributed by atoms with Crippen molar-refractivity contribution in [2.75, 3.05) is 26.8 Å². The molecule has 0 aliphatic rings. The van der Waals surface area contributed by atoms with Crippen molar-refractivity contribution in [3.8, 4) is 0 Å². The number of nitrogens with zero attached hydrogens (tertiary/aromatic N) is 2. The Labute approximate surface area is 130 Å². The Kier molecular flexibility index (Phi) is 5.17. The second-order valence-corrected chi connectivity index (χ2v) is 6.84. The van der Waals surface area contributed by atoms with Gasteiger partial charge in [-0.05, 0) is 0 Å². The molecular formula is C10H13ClN4O4S2. The van der Waals surface area contributed by atoms with Crippen LogP contribution >= 0.6 is 22.9 Å². The summed E-state index contributed by atoms with van der Waals surface area (Å²) in [6.45, 7) is 0.265. The first-order chi connectivity index (χ1) is 9.95.